The molecule has 0 unspecified atom stereocenters. The smallest absolute Gasteiger partial charge is 0.319 e. The van der Waals surface area contributed by atoms with Crippen LogP contribution in [0.3, 0.4) is 0 Å². The molecule has 3 N–H and O–H groups in total. The topological polar surface area (TPSA) is 140 Å². The molecule has 0 bridgehead atoms. The highest BCUT2D eigenvalue weighted by Gasteiger charge is 2.22. The van der Waals surface area contributed by atoms with E-state index in [1.165, 1.54) is 18.7 Å². The van der Waals surface area contributed by atoms with Crippen LogP contribution in [0.4, 0.5) is 10.5 Å². The number of hydrogen-bond acceptors (Lipinski definition) is 7. The minimum absolute atomic E-state index is 0.135. The van der Waals surface area contributed by atoms with Gasteiger partial charge in [-0.3, -0.25) is 0 Å². The van der Waals surface area contributed by atoms with Crippen molar-refractivity contribution in [2.75, 3.05) is 19.0 Å². The zero-order valence-electron chi connectivity index (χ0n) is 20.9. The number of rotatable bonds is 11. The lowest BCUT2D eigenvalue weighted by atomic mass is 10.1. The van der Waals surface area contributed by atoms with E-state index in [2.05, 4.69) is 39.4 Å². The average Bonchev–Trinajstić information content (AvgIpc) is 3.57. The van der Waals surface area contributed by atoms with Crippen LogP contribution in [0.1, 0.15) is 32.3 Å². The van der Waals surface area contributed by atoms with Crippen molar-refractivity contribution in [2.45, 2.75) is 38.4 Å². The maximum atomic E-state index is 12.9. The summed E-state index contributed by atoms with van der Waals surface area (Å²) in [6, 6.07) is 9.87. The molecule has 0 aliphatic carbocycles. The highest BCUT2D eigenvalue weighted by molar-refractivity contribution is 7.89. The van der Waals surface area contributed by atoms with Crippen molar-refractivity contribution in [3.8, 4) is 11.5 Å². The summed E-state index contributed by atoms with van der Waals surface area (Å²) in [6.07, 6.45) is 6.01. The number of para-hydroxylation sites is 1. The van der Waals surface area contributed by atoms with E-state index in [1.807, 2.05) is 0 Å². The maximum absolute atomic E-state index is 12.9. The number of imidazole rings is 2. The minimum Gasteiger partial charge on any atom is -0.493 e. The van der Waals surface area contributed by atoms with Gasteiger partial charge in [0.25, 0.3) is 0 Å². The predicted molar refractivity (Wildman–Crippen MR) is 139 cm³/mol. The molecular weight excluding hydrogens is 496 g/mol. The number of anilines is 1. The molecule has 2 aromatic carbocycles. The number of carbonyl (C=O) groups excluding carboxylic acids is 1. The number of H-pyrrole nitrogens is 1. The third-order valence-electron chi connectivity index (χ3n) is 5.65. The molecule has 0 saturated carbocycles. The van der Waals surface area contributed by atoms with Gasteiger partial charge in [-0.2, -0.15) is 8.42 Å². The van der Waals surface area contributed by atoms with Crippen LogP contribution in [-0.2, 0) is 16.6 Å². The second kappa shape index (κ2) is 11.3. The number of nitrogens with zero attached hydrogens (tertiary/aromatic N) is 3. The van der Waals surface area contributed by atoms with E-state index in [0.29, 0.717) is 46.3 Å². The molecule has 11 nitrogen and oxygen atoms in total. The van der Waals surface area contributed by atoms with Crippen molar-refractivity contribution >= 4 is 32.8 Å². The van der Waals surface area contributed by atoms with Crippen LogP contribution in [0.2, 0.25) is 0 Å². The number of urea groups is 1. The summed E-state index contributed by atoms with van der Waals surface area (Å²) in [5.41, 5.74) is 2.04. The fourth-order valence-corrected chi connectivity index (χ4v) is 4.96. The fourth-order valence-electron chi connectivity index (χ4n) is 3.79. The number of fused-ring (bicyclic) bond motifs is 1. The van der Waals surface area contributed by atoms with Gasteiger partial charge in [-0.25, -0.2) is 18.7 Å². The second-order valence-electron chi connectivity index (χ2n) is 8.78. The lowest BCUT2D eigenvalue weighted by Crippen LogP contribution is -2.28. The van der Waals surface area contributed by atoms with Gasteiger partial charge in [-0.15, -0.1) is 0 Å². The Bertz CT molecular complexity index is 1460. The van der Waals surface area contributed by atoms with E-state index in [-0.39, 0.29) is 11.7 Å². The first kappa shape index (κ1) is 26.0. The number of hydrogen-bond donors (Lipinski definition) is 3. The van der Waals surface area contributed by atoms with Crippen molar-refractivity contribution in [1.82, 2.24) is 24.2 Å². The molecule has 2 heterocycles. The Morgan fingerprint density at radius 3 is 2.73 bits per heavy atom. The van der Waals surface area contributed by atoms with Gasteiger partial charge in [0.15, 0.2) is 11.5 Å². The molecule has 37 heavy (non-hydrogen) atoms. The van der Waals surface area contributed by atoms with Gasteiger partial charge in [0, 0.05) is 30.7 Å². The number of nitrogens with one attached hydrogen (secondary N) is 3. The molecule has 2 aromatic heterocycles. The van der Waals surface area contributed by atoms with E-state index in [1.54, 1.807) is 43.5 Å². The van der Waals surface area contributed by atoms with Gasteiger partial charge < -0.3 is 25.1 Å². The SMILES string of the molecule is COc1ccc(NC(=O)NCc2cccc3c2ncn3S(=O)(=O)c2ncc[nH]2)cc1OCCCC(C)C. The summed E-state index contributed by atoms with van der Waals surface area (Å²) in [5, 5.41) is 5.39. The number of amides is 2. The van der Waals surface area contributed by atoms with Gasteiger partial charge >= 0.3 is 16.1 Å². The highest BCUT2D eigenvalue weighted by atomic mass is 32.2. The third-order valence-corrected chi connectivity index (χ3v) is 7.17. The normalized spacial score (nSPS) is 11.6. The molecule has 0 aliphatic heterocycles. The van der Waals surface area contributed by atoms with E-state index < -0.39 is 16.1 Å². The van der Waals surface area contributed by atoms with E-state index in [4.69, 9.17) is 9.47 Å². The van der Waals surface area contributed by atoms with Gasteiger partial charge in [-0.05, 0) is 42.5 Å². The molecule has 0 aliphatic rings. The first-order chi connectivity index (χ1) is 17.8. The average molecular weight is 527 g/mol. The van der Waals surface area contributed by atoms with Crippen LogP contribution in [-0.4, -0.2) is 47.1 Å². The summed E-state index contributed by atoms with van der Waals surface area (Å²) >= 11 is 0. The maximum Gasteiger partial charge on any atom is 0.319 e. The molecular formula is C25H30N6O5S. The number of carbonyl (C=O) groups is 1. The molecule has 2 amide bonds. The Morgan fingerprint density at radius 1 is 1.16 bits per heavy atom. The number of aromatic nitrogens is 4. The molecule has 12 heteroatoms. The van der Waals surface area contributed by atoms with Crippen LogP contribution in [0.15, 0.2) is 60.3 Å². The fraction of sp³-hybridized carbons (Fsp3) is 0.320. The highest BCUT2D eigenvalue weighted by Crippen LogP contribution is 2.30. The standard InChI is InChI=1S/C25H30N6O5S/c1-17(2)6-5-13-36-22-14-19(9-10-21(22)35-3)30-24(32)28-15-18-7-4-8-20-23(18)29-16-31(20)37(33,34)25-26-11-12-27-25/h4,7-12,14,16-17H,5-6,13,15H2,1-3H3,(H,26,27)(H2,28,30,32). The van der Waals surface area contributed by atoms with E-state index in [0.717, 1.165) is 16.8 Å². The van der Waals surface area contributed by atoms with E-state index in [9.17, 15) is 13.2 Å². The summed E-state index contributed by atoms with van der Waals surface area (Å²) in [6.45, 7) is 5.02. The van der Waals surface area contributed by atoms with Crippen molar-refractivity contribution in [1.29, 1.82) is 0 Å². The van der Waals surface area contributed by atoms with Gasteiger partial charge in [0.2, 0.25) is 5.16 Å². The monoisotopic (exact) mass is 526 g/mol. The molecule has 0 radical (unpaired) electrons. The van der Waals surface area contributed by atoms with Crippen LogP contribution in [0.25, 0.3) is 11.0 Å². The first-order valence-electron chi connectivity index (χ1n) is 11.8. The second-order valence-corrected chi connectivity index (χ2v) is 10.5. The Kier molecular flexibility index (Phi) is 7.97. The van der Waals surface area contributed by atoms with Crippen LogP contribution in [0, 0.1) is 5.92 Å². The Morgan fingerprint density at radius 2 is 2.00 bits per heavy atom. The lowest BCUT2D eigenvalue weighted by molar-refractivity contribution is 0.251. The first-order valence-corrected chi connectivity index (χ1v) is 13.3. The molecule has 196 valence electrons. The van der Waals surface area contributed by atoms with Crippen molar-refractivity contribution in [3.05, 3.63) is 60.7 Å². The minimum atomic E-state index is -3.92. The number of aromatic amines is 1. The van der Waals surface area contributed by atoms with Gasteiger partial charge in [0.05, 0.1) is 24.8 Å². The van der Waals surface area contributed by atoms with Crippen LogP contribution < -0.4 is 20.1 Å². The van der Waals surface area contributed by atoms with Gasteiger partial charge in [0.1, 0.15) is 6.33 Å². The Balaban J connectivity index is 1.42. The van der Waals surface area contributed by atoms with Crippen molar-refractivity contribution in [3.63, 3.8) is 0 Å². The summed E-state index contributed by atoms with van der Waals surface area (Å²) in [4.78, 5) is 23.3. The molecule has 4 aromatic rings. The van der Waals surface area contributed by atoms with E-state index >= 15 is 0 Å². The third kappa shape index (κ3) is 6.02. The quantitative estimate of drug-likeness (QED) is 0.250. The zero-order chi connectivity index (χ0) is 26.4. The molecule has 4 rings (SSSR count). The number of benzene rings is 2. The predicted octanol–water partition coefficient (Wildman–Crippen LogP) is 4.14. The van der Waals surface area contributed by atoms with Crippen LogP contribution in [0.5, 0.6) is 11.5 Å². The number of methoxy groups -OCH3 is 1. The van der Waals surface area contributed by atoms with Gasteiger partial charge in [-0.1, -0.05) is 26.0 Å². The number of ether oxygens (including phenoxy) is 2. The summed E-state index contributed by atoms with van der Waals surface area (Å²) in [7, 11) is -2.36. The molecule has 0 fully saturated rings. The largest absolute Gasteiger partial charge is 0.493 e. The van der Waals surface area contributed by atoms with Crippen molar-refractivity contribution in [2.24, 2.45) is 5.92 Å². The molecule has 0 spiro atoms. The summed E-state index contributed by atoms with van der Waals surface area (Å²) in [5.74, 6) is 1.74. The molecule has 0 atom stereocenters. The zero-order valence-corrected chi connectivity index (χ0v) is 21.7. The van der Waals surface area contributed by atoms with Crippen molar-refractivity contribution < 1.29 is 22.7 Å². The molecule has 0 saturated heterocycles. The lowest BCUT2D eigenvalue weighted by Gasteiger charge is -2.14. The Hall–Kier alpha value is -4.06. The summed E-state index contributed by atoms with van der Waals surface area (Å²) < 4.78 is 38.0. The van der Waals surface area contributed by atoms with Crippen LogP contribution >= 0.6 is 0 Å². The Labute approximate surface area is 215 Å².